The molecular weight excluding hydrogens is 342 g/mol. The molecule has 4 nitrogen and oxygen atoms in total. The lowest BCUT2D eigenvalue weighted by atomic mass is 10.2. The predicted octanol–water partition coefficient (Wildman–Crippen LogP) is 1.85. The fraction of sp³-hybridized carbons (Fsp3) is 0.571. The van der Waals surface area contributed by atoms with E-state index in [1.807, 2.05) is 32.0 Å². The summed E-state index contributed by atoms with van der Waals surface area (Å²) >= 11 is 3.43. The molecule has 1 aromatic rings. The highest BCUT2D eigenvalue weighted by atomic mass is 79.9. The average Bonchev–Trinajstić information content (AvgIpc) is 2.34. The molecule has 2 N–H and O–H groups in total. The zero-order chi connectivity index (χ0) is 15.1. The van der Waals surface area contributed by atoms with Crippen molar-refractivity contribution >= 4 is 26.7 Å². The van der Waals surface area contributed by atoms with E-state index in [0.29, 0.717) is 12.3 Å². The highest BCUT2D eigenvalue weighted by Crippen LogP contribution is 2.25. The van der Waals surface area contributed by atoms with Crippen molar-refractivity contribution in [3.05, 3.63) is 28.2 Å². The lowest BCUT2D eigenvalue weighted by Gasteiger charge is -2.17. The van der Waals surface area contributed by atoms with Crippen LogP contribution in [0.4, 0.5) is 0 Å². The van der Waals surface area contributed by atoms with Gasteiger partial charge in [0.05, 0.1) is 4.47 Å². The minimum absolute atomic E-state index is 0.113. The topological polar surface area (TPSA) is 58.6 Å². The molecule has 0 radical (unpaired) electrons. The molecule has 20 heavy (non-hydrogen) atoms. The summed E-state index contributed by atoms with van der Waals surface area (Å²) in [5, 5.41) is 13.0. The first-order chi connectivity index (χ1) is 9.38. The molecule has 0 aliphatic rings. The molecule has 0 aromatic heterocycles. The van der Waals surface area contributed by atoms with Crippen molar-refractivity contribution in [2.45, 2.75) is 26.0 Å². The van der Waals surface area contributed by atoms with Gasteiger partial charge in [0.15, 0.2) is 0 Å². The summed E-state index contributed by atoms with van der Waals surface area (Å²) in [6, 6.07) is 5.92. The number of nitrogens with one attached hydrogen (secondary N) is 1. The van der Waals surface area contributed by atoms with Gasteiger partial charge >= 0.3 is 0 Å². The highest BCUT2D eigenvalue weighted by Gasteiger charge is 2.10. The first kappa shape index (κ1) is 17.6. The van der Waals surface area contributed by atoms with E-state index in [0.717, 1.165) is 15.8 Å². The van der Waals surface area contributed by atoms with Crippen LogP contribution in [0.15, 0.2) is 22.7 Å². The van der Waals surface area contributed by atoms with Crippen LogP contribution in [0.1, 0.15) is 12.5 Å². The van der Waals surface area contributed by atoms with Crippen molar-refractivity contribution in [2.75, 3.05) is 25.2 Å². The van der Waals surface area contributed by atoms with Crippen molar-refractivity contribution in [3.8, 4) is 5.75 Å². The van der Waals surface area contributed by atoms with E-state index >= 15 is 0 Å². The van der Waals surface area contributed by atoms with Crippen LogP contribution in [0, 0.1) is 6.92 Å². The zero-order valence-corrected chi connectivity index (χ0v) is 14.5. The third kappa shape index (κ3) is 6.83. The van der Waals surface area contributed by atoms with E-state index in [4.69, 9.17) is 4.74 Å². The second-order valence-electron chi connectivity index (χ2n) is 4.95. The Morgan fingerprint density at radius 2 is 2.20 bits per heavy atom. The standard InChI is InChI=1S/C14H22BrNO3S/c1-10-4-5-14(13(15)6-10)19-8-12(17)7-16-11(2)9-20(3)18/h4-6,11-12,16-17H,7-9H2,1-3H3. The second-order valence-corrected chi connectivity index (χ2v) is 7.28. The first-order valence-corrected chi connectivity index (χ1v) is 9.01. The molecule has 1 aromatic carbocycles. The van der Waals surface area contributed by atoms with Gasteiger partial charge in [-0.1, -0.05) is 6.07 Å². The summed E-state index contributed by atoms with van der Waals surface area (Å²) in [5.41, 5.74) is 1.15. The van der Waals surface area contributed by atoms with Gasteiger partial charge in [0, 0.05) is 35.4 Å². The van der Waals surface area contributed by atoms with E-state index in [9.17, 15) is 9.32 Å². The molecule has 114 valence electrons. The van der Waals surface area contributed by atoms with Crippen LogP contribution in [-0.4, -0.2) is 46.6 Å². The number of halogens is 1. The first-order valence-electron chi connectivity index (χ1n) is 6.49. The Kier molecular flexibility index (Phi) is 7.72. The molecule has 3 unspecified atom stereocenters. The van der Waals surface area contributed by atoms with E-state index in [1.165, 1.54) is 0 Å². The molecule has 6 heteroatoms. The number of aliphatic hydroxyl groups excluding tert-OH is 1. The smallest absolute Gasteiger partial charge is 0.133 e. The van der Waals surface area contributed by atoms with Gasteiger partial charge in [-0.15, -0.1) is 0 Å². The quantitative estimate of drug-likeness (QED) is 0.739. The summed E-state index contributed by atoms with van der Waals surface area (Å²) in [4.78, 5) is 0. The van der Waals surface area contributed by atoms with Crippen molar-refractivity contribution < 1.29 is 14.1 Å². The summed E-state index contributed by atoms with van der Waals surface area (Å²) in [6.07, 6.45) is 1.07. The van der Waals surface area contributed by atoms with Gasteiger partial charge in [0.2, 0.25) is 0 Å². The molecule has 1 rings (SSSR count). The summed E-state index contributed by atoms with van der Waals surface area (Å²) in [7, 11) is -0.831. The SMILES string of the molecule is Cc1ccc(OCC(O)CNC(C)CS(C)=O)c(Br)c1. The lowest BCUT2D eigenvalue weighted by Crippen LogP contribution is -2.39. The van der Waals surface area contributed by atoms with Gasteiger partial charge in [0.1, 0.15) is 18.5 Å². The third-order valence-electron chi connectivity index (χ3n) is 2.71. The van der Waals surface area contributed by atoms with Crippen molar-refractivity contribution in [1.29, 1.82) is 0 Å². The van der Waals surface area contributed by atoms with E-state index in [2.05, 4.69) is 21.2 Å². The van der Waals surface area contributed by atoms with Gasteiger partial charge in [-0.05, 0) is 47.5 Å². The number of ether oxygens (including phenoxy) is 1. The maximum Gasteiger partial charge on any atom is 0.133 e. The Labute approximate surface area is 131 Å². The molecule has 0 saturated carbocycles. The number of aryl methyl sites for hydroxylation is 1. The zero-order valence-electron chi connectivity index (χ0n) is 12.1. The van der Waals surface area contributed by atoms with Crippen molar-refractivity contribution in [1.82, 2.24) is 5.32 Å². The summed E-state index contributed by atoms with van der Waals surface area (Å²) in [6.45, 7) is 4.59. The van der Waals surface area contributed by atoms with Crippen LogP contribution >= 0.6 is 15.9 Å². The Hall–Kier alpha value is -0.430. The predicted molar refractivity (Wildman–Crippen MR) is 86.8 cm³/mol. The van der Waals surface area contributed by atoms with Crippen molar-refractivity contribution in [3.63, 3.8) is 0 Å². The van der Waals surface area contributed by atoms with Crippen LogP contribution in [0.25, 0.3) is 0 Å². The summed E-state index contributed by atoms with van der Waals surface area (Å²) < 4.78 is 17.5. The van der Waals surface area contributed by atoms with Crippen LogP contribution in [0.5, 0.6) is 5.75 Å². The third-order valence-corrected chi connectivity index (χ3v) is 4.29. The van der Waals surface area contributed by atoms with Gasteiger partial charge in [0.25, 0.3) is 0 Å². The molecule has 0 bridgehead atoms. The Bertz CT molecular complexity index is 456. The second kappa shape index (κ2) is 8.77. The normalized spacial score (nSPS) is 15.7. The van der Waals surface area contributed by atoms with E-state index in [-0.39, 0.29) is 12.6 Å². The fourth-order valence-electron chi connectivity index (χ4n) is 1.72. The highest BCUT2D eigenvalue weighted by molar-refractivity contribution is 9.10. The van der Waals surface area contributed by atoms with Crippen LogP contribution in [0.3, 0.4) is 0 Å². The lowest BCUT2D eigenvalue weighted by molar-refractivity contribution is 0.104. The largest absolute Gasteiger partial charge is 0.490 e. The van der Waals surface area contributed by atoms with Crippen molar-refractivity contribution in [2.24, 2.45) is 0 Å². The van der Waals surface area contributed by atoms with Crippen LogP contribution < -0.4 is 10.1 Å². The van der Waals surface area contributed by atoms with Gasteiger partial charge in [-0.25, -0.2) is 0 Å². The monoisotopic (exact) mass is 363 g/mol. The molecule has 0 aliphatic carbocycles. The molecule has 0 spiro atoms. The minimum Gasteiger partial charge on any atom is -0.490 e. The molecule has 0 fully saturated rings. The molecule has 0 heterocycles. The van der Waals surface area contributed by atoms with Gasteiger partial charge < -0.3 is 15.2 Å². The van der Waals surface area contributed by atoms with Crippen LogP contribution in [0.2, 0.25) is 0 Å². The molecule has 0 aliphatic heterocycles. The van der Waals surface area contributed by atoms with Crippen LogP contribution in [-0.2, 0) is 10.8 Å². The number of hydrogen-bond donors (Lipinski definition) is 2. The van der Waals surface area contributed by atoms with Gasteiger partial charge in [-0.2, -0.15) is 0 Å². The molecule has 3 atom stereocenters. The Balaban J connectivity index is 2.32. The molecule has 0 saturated heterocycles. The summed E-state index contributed by atoms with van der Waals surface area (Å²) in [5.74, 6) is 1.30. The van der Waals surface area contributed by atoms with Gasteiger partial charge in [-0.3, -0.25) is 4.21 Å². The fourth-order valence-corrected chi connectivity index (χ4v) is 3.15. The van der Waals surface area contributed by atoms with E-state index in [1.54, 1.807) is 6.26 Å². The maximum absolute atomic E-state index is 11.1. The maximum atomic E-state index is 11.1. The van der Waals surface area contributed by atoms with E-state index < -0.39 is 16.9 Å². The Morgan fingerprint density at radius 3 is 2.80 bits per heavy atom. The molecule has 0 amide bonds. The average molecular weight is 364 g/mol. The minimum atomic E-state index is -0.831. The number of hydrogen-bond acceptors (Lipinski definition) is 4. The molecular formula is C14H22BrNO3S. The number of rotatable bonds is 8. The number of benzene rings is 1. The number of aliphatic hydroxyl groups is 1. The Morgan fingerprint density at radius 1 is 1.50 bits per heavy atom.